The summed E-state index contributed by atoms with van der Waals surface area (Å²) in [6, 6.07) is 8.72. The van der Waals surface area contributed by atoms with Crippen molar-refractivity contribution in [2.45, 2.75) is 0 Å². The number of nitrogens with zero attached hydrogens (tertiary/aromatic N) is 3. The molecule has 0 N–H and O–H groups in total. The molecule has 138 valence electrons. The van der Waals surface area contributed by atoms with Crippen molar-refractivity contribution in [3.63, 3.8) is 0 Å². The average Bonchev–Trinajstić information content (AvgIpc) is 2.58. The third kappa shape index (κ3) is 18.9. The van der Waals surface area contributed by atoms with Gasteiger partial charge in [-0.1, -0.05) is 0 Å². The van der Waals surface area contributed by atoms with Crippen LogP contribution in [-0.2, 0) is 13.5 Å². The molecule has 3 rings (SSSR count). The molecular formula is C15H12Cl3F3IrN3. The van der Waals surface area contributed by atoms with E-state index < -0.39 is 13.5 Å². The zero-order chi connectivity index (χ0) is 18.9. The van der Waals surface area contributed by atoms with Crippen molar-refractivity contribution >= 4 is 28.8 Å². The van der Waals surface area contributed by atoms with Crippen LogP contribution in [0, 0.1) is 17.5 Å². The molecule has 3 nitrogen and oxygen atoms in total. The summed E-state index contributed by atoms with van der Waals surface area (Å²) in [7, 11) is 14.9. The van der Waals surface area contributed by atoms with Gasteiger partial charge in [-0.3, -0.25) is 15.0 Å². The molecular weight excluding hydrogens is 578 g/mol. The van der Waals surface area contributed by atoms with E-state index in [-0.39, 0.29) is 17.5 Å². The van der Waals surface area contributed by atoms with Gasteiger partial charge in [-0.2, -0.15) is 0 Å². The predicted octanol–water partition coefficient (Wildman–Crippen LogP) is 5.73. The topological polar surface area (TPSA) is 38.7 Å². The van der Waals surface area contributed by atoms with Crippen LogP contribution in [0.5, 0.6) is 0 Å². The van der Waals surface area contributed by atoms with Gasteiger partial charge in [-0.15, -0.1) is 0 Å². The van der Waals surface area contributed by atoms with E-state index in [1.165, 1.54) is 55.4 Å². The molecule has 3 aromatic heterocycles. The second-order valence-corrected chi connectivity index (χ2v) is 14.0. The molecule has 0 aliphatic heterocycles. The van der Waals surface area contributed by atoms with Gasteiger partial charge in [0.2, 0.25) is 0 Å². The maximum absolute atomic E-state index is 11.8. The minimum absolute atomic E-state index is 0.289. The van der Waals surface area contributed by atoms with Gasteiger partial charge >= 0.3 is 42.2 Å². The summed E-state index contributed by atoms with van der Waals surface area (Å²) in [6.45, 7) is 0. The van der Waals surface area contributed by atoms with Gasteiger partial charge in [0.1, 0.15) is 17.5 Å². The average molecular weight is 590 g/mol. The molecule has 25 heavy (non-hydrogen) atoms. The first kappa shape index (κ1) is 23.8. The number of aromatic nitrogens is 3. The van der Waals surface area contributed by atoms with Crippen LogP contribution in [0.15, 0.2) is 73.6 Å². The number of hydrogen-bond acceptors (Lipinski definition) is 3. The van der Waals surface area contributed by atoms with Crippen LogP contribution in [0.3, 0.4) is 0 Å². The Bertz CT molecular complexity index is 561. The monoisotopic (exact) mass is 589 g/mol. The Labute approximate surface area is 161 Å². The Kier molecular flexibility index (Phi) is 15.4. The van der Waals surface area contributed by atoms with E-state index in [1.54, 1.807) is 18.2 Å². The van der Waals surface area contributed by atoms with E-state index in [0.29, 0.717) is 0 Å². The fourth-order valence-electron chi connectivity index (χ4n) is 1.03. The third-order valence-electron chi connectivity index (χ3n) is 1.88. The van der Waals surface area contributed by atoms with Crippen molar-refractivity contribution in [2.24, 2.45) is 0 Å². The maximum atomic E-state index is 11.8. The number of rotatable bonds is 0. The second kappa shape index (κ2) is 16.2. The van der Waals surface area contributed by atoms with Crippen molar-refractivity contribution in [1.29, 1.82) is 0 Å². The summed E-state index contributed by atoms with van der Waals surface area (Å²) < 4.78 is 35.5. The van der Waals surface area contributed by atoms with Gasteiger partial charge in [0, 0.05) is 18.6 Å². The molecule has 0 atom stereocenters. The molecule has 0 radical (unpaired) electrons. The molecule has 0 saturated heterocycles. The van der Waals surface area contributed by atoms with Gasteiger partial charge in [-0.05, 0) is 36.4 Å². The van der Waals surface area contributed by atoms with Gasteiger partial charge in [0.05, 0.1) is 18.6 Å². The molecule has 0 fully saturated rings. The second-order valence-electron chi connectivity index (χ2n) is 3.66. The first-order chi connectivity index (χ1) is 11.9. The van der Waals surface area contributed by atoms with Crippen LogP contribution < -0.4 is 0 Å². The molecule has 0 spiro atoms. The number of halogens is 6. The van der Waals surface area contributed by atoms with Crippen LogP contribution in [-0.4, -0.2) is 15.0 Å². The van der Waals surface area contributed by atoms with Crippen LogP contribution in [0.25, 0.3) is 0 Å². The van der Waals surface area contributed by atoms with E-state index in [2.05, 4.69) is 15.0 Å². The zero-order valence-electron chi connectivity index (χ0n) is 12.4. The van der Waals surface area contributed by atoms with Gasteiger partial charge in [-0.25, -0.2) is 13.2 Å². The predicted molar refractivity (Wildman–Crippen MR) is 90.1 cm³/mol. The number of pyridine rings is 3. The summed E-state index contributed by atoms with van der Waals surface area (Å²) in [5.74, 6) is -0.868. The summed E-state index contributed by atoms with van der Waals surface area (Å²) in [6.07, 6.45) is 8.09. The van der Waals surface area contributed by atoms with Gasteiger partial charge in [0.15, 0.2) is 0 Å². The van der Waals surface area contributed by atoms with E-state index in [0.717, 1.165) is 0 Å². The SMILES string of the molecule is Fc1cccnc1.Fc1cccnc1.Fc1cccnc1.[Cl][Ir]([Cl])[Cl]. The zero-order valence-corrected chi connectivity index (χ0v) is 17.0. The molecule has 0 amide bonds. The molecule has 10 heteroatoms. The summed E-state index contributed by atoms with van der Waals surface area (Å²) in [5.41, 5.74) is 0. The number of hydrogen-bond donors (Lipinski definition) is 0. The van der Waals surface area contributed by atoms with E-state index >= 15 is 0 Å². The van der Waals surface area contributed by atoms with Crippen molar-refractivity contribution in [3.05, 3.63) is 91.0 Å². The molecule has 0 unspecified atom stereocenters. The van der Waals surface area contributed by atoms with Crippen LogP contribution >= 0.6 is 28.8 Å². The molecule has 0 aliphatic rings. The molecule has 3 heterocycles. The quantitative estimate of drug-likeness (QED) is 0.336. The van der Waals surface area contributed by atoms with Crippen molar-refractivity contribution in [1.82, 2.24) is 15.0 Å². The Morgan fingerprint density at radius 2 is 0.840 bits per heavy atom. The summed E-state index contributed by atoms with van der Waals surface area (Å²) >= 11 is -1.92. The molecule has 0 aromatic carbocycles. The Balaban J connectivity index is 0.000000314. The van der Waals surface area contributed by atoms with Gasteiger partial charge < -0.3 is 0 Å². The molecule has 0 saturated carbocycles. The molecule has 0 aliphatic carbocycles. The minimum atomic E-state index is -1.92. The first-order valence-electron chi connectivity index (χ1n) is 6.23. The Hall–Kier alpha value is -1.24. The van der Waals surface area contributed by atoms with Crippen LogP contribution in [0.1, 0.15) is 0 Å². The Morgan fingerprint density at radius 3 is 0.920 bits per heavy atom. The fourth-order valence-corrected chi connectivity index (χ4v) is 1.03. The van der Waals surface area contributed by atoms with Crippen LogP contribution in [0.4, 0.5) is 13.2 Å². The van der Waals surface area contributed by atoms with Crippen LogP contribution in [0.2, 0.25) is 0 Å². The normalized spacial score (nSPS) is 9.12. The van der Waals surface area contributed by atoms with E-state index in [1.807, 2.05) is 0 Å². The fraction of sp³-hybridized carbons (Fsp3) is 0. The first-order valence-corrected chi connectivity index (χ1v) is 15.1. The Morgan fingerprint density at radius 1 is 0.600 bits per heavy atom. The van der Waals surface area contributed by atoms with E-state index in [4.69, 9.17) is 28.8 Å². The molecule has 3 aromatic rings. The van der Waals surface area contributed by atoms with Crippen molar-refractivity contribution < 1.29 is 26.6 Å². The third-order valence-corrected chi connectivity index (χ3v) is 1.88. The van der Waals surface area contributed by atoms with Gasteiger partial charge in [0.25, 0.3) is 0 Å². The summed E-state index contributed by atoms with van der Waals surface area (Å²) in [5, 5.41) is 0. The van der Waals surface area contributed by atoms with Crippen molar-refractivity contribution in [3.8, 4) is 0 Å². The molecule has 0 bridgehead atoms. The standard InChI is InChI=1S/3C5H4FN.3ClH.Ir/c3*6-5-2-1-3-7-4-5;;;;/h3*1-4H;3*1H;/q;;;;;;+3/p-3. The van der Waals surface area contributed by atoms with Crippen molar-refractivity contribution in [2.75, 3.05) is 0 Å². The summed E-state index contributed by atoms with van der Waals surface area (Å²) in [4.78, 5) is 10.5. The van der Waals surface area contributed by atoms with E-state index in [9.17, 15) is 13.2 Å².